The molecular weight excluding hydrogens is 587 g/mol. The van der Waals surface area contributed by atoms with Crippen molar-refractivity contribution in [2.45, 2.75) is 50.0 Å². The van der Waals surface area contributed by atoms with Gasteiger partial charge in [-0.25, -0.2) is 8.42 Å². The minimum Gasteiger partial charge on any atom is -0.492 e. The second-order valence-corrected chi connectivity index (χ2v) is 13.2. The summed E-state index contributed by atoms with van der Waals surface area (Å²) in [4.78, 5) is 11.1. The highest BCUT2D eigenvalue weighted by Crippen LogP contribution is 2.47. The Morgan fingerprint density at radius 1 is 1.02 bits per heavy atom. The van der Waals surface area contributed by atoms with Crippen LogP contribution >= 0.6 is 0 Å². The lowest BCUT2D eigenvalue weighted by Crippen LogP contribution is -2.29. The van der Waals surface area contributed by atoms with Gasteiger partial charge in [-0.1, -0.05) is 24.3 Å². The molecule has 6 rings (SSSR count). The molecule has 0 radical (unpaired) electrons. The number of hydrogen-bond donors (Lipinski definition) is 1. The summed E-state index contributed by atoms with van der Waals surface area (Å²) in [6, 6.07) is 14.2. The molecule has 1 N–H and O–H groups in total. The molecule has 3 aromatic carbocycles. The molecule has 0 bridgehead atoms. The Hall–Kier alpha value is -3.77. The van der Waals surface area contributed by atoms with Crippen LogP contribution in [0.5, 0.6) is 17.2 Å². The molecule has 3 aromatic rings. The zero-order chi connectivity index (χ0) is 30.5. The summed E-state index contributed by atoms with van der Waals surface area (Å²) in [7, 11) is -3.32. The number of benzene rings is 3. The average Bonchev–Trinajstić information content (AvgIpc) is 3.67. The highest BCUT2D eigenvalue weighted by atomic mass is 32.2. The Bertz CT molecular complexity index is 1660. The molecule has 3 aliphatic rings. The van der Waals surface area contributed by atoms with Crippen LogP contribution in [-0.2, 0) is 27.4 Å². The second kappa shape index (κ2) is 11.1. The van der Waals surface area contributed by atoms with Gasteiger partial charge in [0.25, 0.3) is 0 Å². The van der Waals surface area contributed by atoms with Gasteiger partial charge in [0.1, 0.15) is 29.5 Å². The topological polar surface area (TPSA) is 102 Å². The van der Waals surface area contributed by atoms with E-state index in [1.54, 1.807) is 42.5 Å². The van der Waals surface area contributed by atoms with Crippen molar-refractivity contribution in [2.24, 2.45) is 0 Å². The first-order chi connectivity index (χ1) is 20.4. The first-order valence-corrected chi connectivity index (χ1v) is 15.8. The third-order valence-corrected chi connectivity index (χ3v) is 9.51. The van der Waals surface area contributed by atoms with Crippen molar-refractivity contribution in [1.29, 1.82) is 0 Å². The van der Waals surface area contributed by atoms with E-state index >= 15 is 0 Å². The normalized spacial score (nSPS) is 21.7. The van der Waals surface area contributed by atoms with E-state index in [4.69, 9.17) is 19.3 Å². The molecule has 0 spiro atoms. The van der Waals surface area contributed by atoms with Crippen molar-refractivity contribution >= 4 is 16.0 Å². The molecule has 228 valence electrons. The van der Waals surface area contributed by atoms with Gasteiger partial charge in [-0.3, -0.25) is 4.79 Å². The highest BCUT2D eigenvalue weighted by Gasteiger charge is 2.38. The number of carbonyl (C=O) groups is 1. The summed E-state index contributed by atoms with van der Waals surface area (Å²) in [6.45, 7) is 0.857. The van der Waals surface area contributed by atoms with Crippen molar-refractivity contribution in [3.05, 3.63) is 76.9 Å². The third kappa shape index (κ3) is 6.03. The van der Waals surface area contributed by atoms with Crippen LogP contribution in [0.2, 0.25) is 0 Å². The molecular formula is C31H30F3NO7S. The van der Waals surface area contributed by atoms with E-state index in [2.05, 4.69) is 0 Å². The number of rotatable bonds is 8. The van der Waals surface area contributed by atoms with Gasteiger partial charge in [-0.15, -0.1) is 0 Å². The Morgan fingerprint density at radius 2 is 1.74 bits per heavy atom. The molecule has 1 saturated heterocycles. The SMILES string of the molecule is CS(=O)(=O)N1CCC(Oc2ccc(-c3c(C(F)(F)F)ccc4c3CC[C@H]4Oc3ccc4c(c3)OCC4CC(=O)O)cc2)C1. The Balaban J connectivity index is 1.24. The number of hydrogen-bond acceptors (Lipinski definition) is 6. The fraction of sp³-hybridized carbons (Fsp3) is 0.387. The van der Waals surface area contributed by atoms with E-state index in [1.807, 2.05) is 0 Å². The number of halogens is 3. The molecule has 43 heavy (non-hydrogen) atoms. The van der Waals surface area contributed by atoms with E-state index in [9.17, 15) is 26.4 Å². The Morgan fingerprint density at radius 3 is 2.42 bits per heavy atom. The van der Waals surface area contributed by atoms with Gasteiger partial charge >= 0.3 is 12.1 Å². The molecule has 2 heterocycles. The quantitative estimate of drug-likeness (QED) is 0.341. The average molecular weight is 618 g/mol. The van der Waals surface area contributed by atoms with Crippen LogP contribution in [0, 0.1) is 0 Å². The number of ether oxygens (including phenoxy) is 3. The van der Waals surface area contributed by atoms with E-state index in [1.165, 1.54) is 10.4 Å². The molecule has 12 heteroatoms. The van der Waals surface area contributed by atoms with Crippen molar-refractivity contribution < 1.29 is 45.7 Å². The number of carboxylic acid groups (broad SMARTS) is 1. The Kier molecular flexibility index (Phi) is 7.54. The third-order valence-electron chi connectivity index (χ3n) is 8.24. The van der Waals surface area contributed by atoms with Gasteiger partial charge in [0, 0.05) is 24.1 Å². The van der Waals surface area contributed by atoms with Crippen LogP contribution < -0.4 is 14.2 Å². The summed E-state index contributed by atoms with van der Waals surface area (Å²) < 4.78 is 85.4. The van der Waals surface area contributed by atoms with Gasteiger partial charge in [-0.2, -0.15) is 17.5 Å². The van der Waals surface area contributed by atoms with Gasteiger partial charge in [-0.05, 0) is 65.8 Å². The number of sulfonamides is 1. The summed E-state index contributed by atoms with van der Waals surface area (Å²) in [5.41, 5.74) is 1.84. The highest BCUT2D eigenvalue weighted by molar-refractivity contribution is 7.88. The molecule has 3 atom stereocenters. The summed E-state index contributed by atoms with van der Waals surface area (Å²) in [5.74, 6) is 0.358. The van der Waals surface area contributed by atoms with Gasteiger partial charge in [0.05, 0.1) is 31.4 Å². The molecule has 2 unspecified atom stereocenters. The number of aliphatic carboxylic acids is 1. The smallest absolute Gasteiger partial charge is 0.417 e. The molecule has 0 aromatic heterocycles. The summed E-state index contributed by atoms with van der Waals surface area (Å²) in [6.07, 6.45) is -2.85. The predicted octanol–water partition coefficient (Wildman–Crippen LogP) is 5.80. The maximum Gasteiger partial charge on any atom is 0.417 e. The molecule has 8 nitrogen and oxygen atoms in total. The van der Waals surface area contributed by atoms with Gasteiger partial charge in [0.2, 0.25) is 10.0 Å². The molecule has 0 amide bonds. The number of nitrogens with zero attached hydrogens (tertiary/aromatic N) is 1. The second-order valence-electron chi connectivity index (χ2n) is 11.2. The summed E-state index contributed by atoms with van der Waals surface area (Å²) >= 11 is 0. The lowest BCUT2D eigenvalue weighted by Gasteiger charge is -2.20. The Labute approximate surface area is 247 Å². The van der Waals surface area contributed by atoms with E-state index in [0.717, 1.165) is 17.9 Å². The van der Waals surface area contributed by atoms with E-state index < -0.39 is 33.8 Å². The van der Waals surface area contributed by atoms with Crippen LogP contribution in [0.25, 0.3) is 11.1 Å². The van der Waals surface area contributed by atoms with Crippen LogP contribution in [0.4, 0.5) is 13.2 Å². The van der Waals surface area contributed by atoms with E-state index in [0.29, 0.717) is 59.7 Å². The maximum absolute atomic E-state index is 14.2. The zero-order valence-corrected chi connectivity index (χ0v) is 24.1. The van der Waals surface area contributed by atoms with E-state index in [-0.39, 0.29) is 37.2 Å². The molecule has 1 fully saturated rings. The minimum absolute atomic E-state index is 0.0387. The van der Waals surface area contributed by atoms with Crippen molar-refractivity contribution in [3.63, 3.8) is 0 Å². The number of alkyl halides is 3. The van der Waals surface area contributed by atoms with Crippen molar-refractivity contribution in [2.75, 3.05) is 26.0 Å². The van der Waals surface area contributed by atoms with Crippen LogP contribution in [0.1, 0.15) is 53.5 Å². The van der Waals surface area contributed by atoms with Crippen LogP contribution in [-0.4, -0.2) is 55.9 Å². The van der Waals surface area contributed by atoms with Gasteiger partial charge < -0.3 is 19.3 Å². The molecule has 2 aliphatic heterocycles. The lowest BCUT2D eigenvalue weighted by atomic mass is 9.91. The van der Waals surface area contributed by atoms with Crippen LogP contribution in [0.15, 0.2) is 54.6 Å². The maximum atomic E-state index is 14.2. The monoisotopic (exact) mass is 617 g/mol. The first-order valence-electron chi connectivity index (χ1n) is 14.0. The van der Waals surface area contributed by atoms with Crippen LogP contribution in [0.3, 0.4) is 0 Å². The fourth-order valence-corrected chi connectivity index (χ4v) is 7.09. The minimum atomic E-state index is -4.57. The number of fused-ring (bicyclic) bond motifs is 2. The van der Waals surface area contributed by atoms with Crippen molar-refractivity contribution in [3.8, 4) is 28.4 Å². The predicted molar refractivity (Wildman–Crippen MR) is 151 cm³/mol. The lowest BCUT2D eigenvalue weighted by molar-refractivity contribution is -0.138. The largest absolute Gasteiger partial charge is 0.492 e. The van der Waals surface area contributed by atoms with Crippen molar-refractivity contribution in [1.82, 2.24) is 4.31 Å². The zero-order valence-electron chi connectivity index (χ0n) is 23.3. The fourth-order valence-electron chi connectivity index (χ4n) is 6.22. The number of carboxylic acids is 1. The summed E-state index contributed by atoms with van der Waals surface area (Å²) in [5, 5.41) is 9.14. The molecule has 0 saturated carbocycles. The van der Waals surface area contributed by atoms with Gasteiger partial charge in [0.15, 0.2) is 0 Å². The standard InChI is InChI=1S/C31H30F3NO7S/c1-43(38,39)35-13-12-22(16-35)41-20-4-2-18(3-5-20)30-25-9-11-27(24(25)8-10-26(30)31(32,33)34)42-21-6-7-23-19(14-29(36)37)17-40-28(23)15-21/h2-8,10,15,19,22,27H,9,11-14,16-17H2,1H3,(H,36,37)/t19?,22?,27-/m1/s1. The molecule has 1 aliphatic carbocycles. The first kappa shape index (κ1) is 29.3.